The van der Waals surface area contributed by atoms with Gasteiger partial charge in [0, 0.05) is 17.6 Å². The summed E-state index contributed by atoms with van der Waals surface area (Å²) in [4.78, 5) is 5.34. The number of hydrogen-bond donors (Lipinski definition) is 0. The Balaban J connectivity index is 2.13. The molecule has 0 atom stereocenters. The minimum absolute atomic E-state index is 0.560. The zero-order valence-corrected chi connectivity index (χ0v) is 9.18. The number of aromatic nitrogens is 4. The quantitative estimate of drug-likeness (QED) is 0.741. The highest BCUT2D eigenvalue weighted by atomic mass is 32.1. The number of thiophene rings is 1. The van der Waals surface area contributed by atoms with E-state index in [-0.39, 0.29) is 0 Å². The highest BCUT2D eigenvalue weighted by molar-refractivity contribution is 7.11. The molecule has 2 aromatic rings. The number of hydrogen-bond acceptors (Lipinski definition) is 5. The molecule has 0 bridgehead atoms. The number of aryl methyl sites for hydroxylation is 1. The summed E-state index contributed by atoms with van der Waals surface area (Å²) in [7, 11) is 0. The normalized spacial score (nSPS) is 11.3. The Morgan fingerprint density at radius 1 is 1.60 bits per heavy atom. The molecule has 0 fully saturated rings. The van der Waals surface area contributed by atoms with Crippen LogP contribution in [0.4, 0.5) is 5.95 Å². The highest BCUT2D eigenvalue weighted by Crippen LogP contribution is 2.09. The van der Waals surface area contributed by atoms with Crippen molar-refractivity contribution in [2.75, 3.05) is 0 Å². The SMILES string of the molecule is CCCn1nnnc1/N=C/c1cccs1. The second kappa shape index (κ2) is 4.79. The molecule has 0 unspecified atom stereocenters. The maximum Gasteiger partial charge on any atom is 0.269 e. The molecule has 5 nitrogen and oxygen atoms in total. The van der Waals surface area contributed by atoms with Crippen LogP contribution in [-0.2, 0) is 6.54 Å². The third-order valence-corrected chi connectivity index (χ3v) is 2.61. The Morgan fingerprint density at radius 3 is 3.27 bits per heavy atom. The molecule has 2 heterocycles. The first kappa shape index (κ1) is 9.97. The smallest absolute Gasteiger partial charge is 0.217 e. The first-order valence-electron chi connectivity index (χ1n) is 4.74. The minimum atomic E-state index is 0.560. The van der Waals surface area contributed by atoms with E-state index in [1.54, 1.807) is 22.2 Å². The van der Waals surface area contributed by atoms with Crippen LogP contribution in [0.1, 0.15) is 18.2 Å². The van der Waals surface area contributed by atoms with Crippen molar-refractivity contribution in [3.8, 4) is 0 Å². The van der Waals surface area contributed by atoms with E-state index in [9.17, 15) is 0 Å². The third-order valence-electron chi connectivity index (χ3n) is 1.80. The van der Waals surface area contributed by atoms with E-state index in [0.717, 1.165) is 17.8 Å². The van der Waals surface area contributed by atoms with Crippen LogP contribution >= 0.6 is 11.3 Å². The van der Waals surface area contributed by atoms with Gasteiger partial charge in [0.15, 0.2) is 0 Å². The van der Waals surface area contributed by atoms with E-state index < -0.39 is 0 Å². The van der Waals surface area contributed by atoms with E-state index in [1.807, 2.05) is 17.5 Å². The Hall–Kier alpha value is -1.56. The summed E-state index contributed by atoms with van der Waals surface area (Å²) in [6.07, 6.45) is 2.77. The van der Waals surface area contributed by atoms with Gasteiger partial charge in [0.2, 0.25) is 0 Å². The van der Waals surface area contributed by atoms with Gasteiger partial charge < -0.3 is 0 Å². The molecule has 2 aromatic heterocycles. The van der Waals surface area contributed by atoms with Crippen LogP contribution in [-0.4, -0.2) is 26.4 Å². The van der Waals surface area contributed by atoms with Crippen LogP contribution in [0.3, 0.4) is 0 Å². The average Bonchev–Trinajstić information content (AvgIpc) is 2.85. The van der Waals surface area contributed by atoms with Gasteiger partial charge in [-0.2, -0.15) is 0 Å². The fraction of sp³-hybridized carbons (Fsp3) is 0.333. The Morgan fingerprint density at radius 2 is 2.53 bits per heavy atom. The molecular weight excluding hydrogens is 210 g/mol. The van der Waals surface area contributed by atoms with Crippen molar-refractivity contribution in [2.24, 2.45) is 4.99 Å². The van der Waals surface area contributed by atoms with Gasteiger partial charge in [-0.15, -0.1) is 11.3 Å². The summed E-state index contributed by atoms with van der Waals surface area (Å²) in [6, 6.07) is 3.99. The molecular formula is C9H11N5S. The molecule has 0 saturated heterocycles. The average molecular weight is 221 g/mol. The number of aliphatic imine (C=N–C) groups is 1. The summed E-state index contributed by atoms with van der Waals surface area (Å²) >= 11 is 1.64. The molecule has 0 spiro atoms. The van der Waals surface area contributed by atoms with Crippen molar-refractivity contribution in [3.05, 3.63) is 22.4 Å². The molecule has 6 heteroatoms. The monoisotopic (exact) mass is 221 g/mol. The lowest BCUT2D eigenvalue weighted by Crippen LogP contribution is -1.98. The molecule has 78 valence electrons. The number of tetrazole rings is 1. The molecule has 0 aromatic carbocycles. The maximum atomic E-state index is 4.24. The number of nitrogens with zero attached hydrogens (tertiary/aromatic N) is 5. The molecule has 0 radical (unpaired) electrons. The van der Waals surface area contributed by atoms with Gasteiger partial charge in [-0.3, -0.25) is 0 Å². The summed E-state index contributed by atoms with van der Waals surface area (Å²) in [5, 5.41) is 13.3. The van der Waals surface area contributed by atoms with E-state index in [4.69, 9.17) is 0 Å². The molecule has 0 aliphatic heterocycles. The predicted octanol–water partition coefficient (Wildman–Crippen LogP) is 1.90. The predicted molar refractivity (Wildman–Crippen MR) is 59.7 cm³/mol. The first-order chi connectivity index (χ1) is 7.40. The second-order valence-electron chi connectivity index (χ2n) is 2.98. The van der Waals surface area contributed by atoms with Crippen molar-refractivity contribution < 1.29 is 0 Å². The summed E-state index contributed by atoms with van der Waals surface area (Å²) in [5.41, 5.74) is 0. The molecule has 0 N–H and O–H groups in total. The van der Waals surface area contributed by atoms with Crippen molar-refractivity contribution in [3.63, 3.8) is 0 Å². The molecule has 2 rings (SSSR count). The molecule has 15 heavy (non-hydrogen) atoms. The summed E-state index contributed by atoms with van der Waals surface area (Å²) in [6.45, 7) is 2.87. The topological polar surface area (TPSA) is 56.0 Å². The Kier molecular flexibility index (Phi) is 3.18. The zero-order valence-electron chi connectivity index (χ0n) is 8.37. The third kappa shape index (κ3) is 2.47. The van der Waals surface area contributed by atoms with Crippen molar-refractivity contribution in [1.29, 1.82) is 0 Å². The van der Waals surface area contributed by atoms with Gasteiger partial charge in [-0.05, 0) is 28.3 Å². The van der Waals surface area contributed by atoms with Crippen LogP contribution in [0.5, 0.6) is 0 Å². The van der Waals surface area contributed by atoms with Crippen LogP contribution in [0, 0.1) is 0 Å². The van der Waals surface area contributed by atoms with Gasteiger partial charge in [0.25, 0.3) is 5.95 Å². The van der Waals surface area contributed by atoms with Crippen molar-refractivity contribution >= 4 is 23.5 Å². The molecule has 0 amide bonds. The molecule has 0 aliphatic rings. The lowest BCUT2D eigenvalue weighted by atomic mass is 10.5. The van der Waals surface area contributed by atoms with Crippen LogP contribution < -0.4 is 0 Å². The Labute approximate surface area is 91.5 Å². The lowest BCUT2D eigenvalue weighted by Gasteiger charge is -1.95. The van der Waals surface area contributed by atoms with Crippen molar-refractivity contribution in [1.82, 2.24) is 20.2 Å². The van der Waals surface area contributed by atoms with E-state index in [1.165, 1.54) is 0 Å². The van der Waals surface area contributed by atoms with Crippen molar-refractivity contribution in [2.45, 2.75) is 19.9 Å². The minimum Gasteiger partial charge on any atom is -0.217 e. The first-order valence-corrected chi connectivity index (χ1v) is 5.62. The fourth-order valence-corrected chi connectivity index (χ4v) is 1.72. The van der Waals surface area contributed by atoms with Gasteiger partial charge in [0.1, 0.15) is 0 Å². The van der Waals surface area contributed by atoms with E-state index >= 15 is 0 Å². The fourth-order valence-electron chi connectivity index (χ4n) is 1.13. The summed E-state index contributed by atoms with van der Waals surface area (Å²) < 4.78 is 1.70. The van der Waals surface area contributed by atoms with Crippen LogP contribution in [0.25, 0.3) is 0 Å². The molecule has 0 saturated carbocycles. The largest absolute Gasteiger partial charge is 0.269 e. The van der Waals surface area contributed by atoms with Gasteiger partial charge in [0.05, 0.1) is 0 Å². The van der Waals surface area contributed by atoms with E-state index in [2.05, 4.69) is 27.4 Å². The van der Waals surface area contributed by atoms with Gasteiger partial charge in [-0.1, -0.05) is 18.1 Å². The van der Waals surface area contributed by atoms with Crippen LogP contribution in [0.15, 0.2) is 22.5 Å². The second-order valence-corrected chi connectivity index (χ2v) is 3.95. The standard InChI is InChI=1S/C9H11N5S/c1-2-5-14-9(11-12-13-14)10-7-8-4-3-6-15-8/h3-4,6-7H,2,5H2,1H3/b10-7+. The molecule has 0 aliphatic carbocycles. The van der Waals surface area contributed by atoms with E-state index in [0.29, 0.717) is 5.95 Å². The van der Waals surface area contributed by atoms with Gasteiger partial charge in [-0.25, -0.2) is 9.67 Å². The summed E-state index contributed by atoms with van der Waals surface area (Å²) in [5.74, 6) is 0.560. The Bertz CT molecular complexity index is 431. The number of rotatable bonds is 4. The lowest BCUT2D eigenvalue weighted by molar-refractivity contribution is 0.582. The highest BCUT2D eigenvalue weighted by Gasteiger charge is 2.01. The maximum absolute atomic E-state index is 4.24. The van der Waals surface area contributed by atoms with Gasteiger partial charge >= 0.3 is 0 Å². The van der Waals surface area contributed by atoms with Crippen LogP contribution in [0.2, 0.25) is 0 Å². The zero-order chi connectivity index (χ0) is 10.5.